The number of alkyl halides is 4. The van der Waals surface area contributed by atoms with Crippen LogP contribution in [-0.2, 0) is 12.1 Å². The molecule has 2 unspecified atom stereocenters. The Morgan fingerprint density at radius 3 is 2.48 bits per heavy atom. The van der Waals surface area contributed by atoms with E-state index in [-0.39, 0.29) is 17.3 Å². The Hall–Kier alpha value is -0.840. The number of hydrogen-bond acceptors (Lipinski definition) is 2. The SMILES string of the molecule is CCC[C@@H]1CC2CCC1C2.Cc1ncc(CCl)c(C(F)(F)F)n1. The molecule has 0 N–H and O–H groups in total. The van der Waals surface area contributed by atoms with Crippen LogP contribution in [0.15, 0.2) is 6.20 Å². The molecule has 1 aromatic rings. The molecule has 0 aromatic carbocycles. The van der Waals surface area contributed by atoms with Crippen LogP contribution in [0.4, 0.5) is 13.2 Å². The molecule has 2 nitrogen and oxygen atoms in total. The third kappa shape index (κ3) is 4.82. The second-order valence-corrected chi connectivity index (χ2v) is 6.91. The number of hydrogen-bond donors (Lipinski definition) is 0. The van der Waals surface area contributed by atoms with Crippen LogP contribution >= 0.6 is 11.6 Å². The van der Waals surface area contributed by atoms with E-state index in [0.717, 1.165) is 24.0 Å². The number of aryl methyl sites for hydroxylation is 1. The van der Waals surface area contributed by atoms with Crippen LogP contribution in [0.5, 0.6) is 0 Å². The summed E-state index contributed by atoms with van der Waals surface area (Å²) in [6.45, 7) is 3.72. The fourth-order valence-electron chi connectivity index (χ4n) is 3.94. The quantitative estimate of drug-likeness (QED) is 0.648. The minimum Gasteiger partial charge on any atom is -0.241 e. The van der Waals surface area contributed by atoms with Gasteiger partial charge in [-0.15, -0.1) is 11.6 Å². The van der Waals surface area contributed by atoms with Crippen LogP contribution in [0.2, 0.25) is 0 Å². The van der Waals surface area contributed by atoms with Crippen molar-refractivity contribution in [3.63, 3.8) is 0 Å². The summed E-state index contributed by atoms with van der Waals surface area (Å²) >= 11 is 5.31. The van der Waals surface area contributed by atoms with Gasteiger partial charge in [-0.25, -0.2) is 9.97 Å². The Labute approximate surface area is 140 Å². The topological polar surface area (TPSA) is 25.8 Å². The number of nitrogens with zero attached hydrogens (tertiary/aromatic N) is 2. The van der Waals surface area contributed by atoms with Crippen molar-refractivity contribution in [1.82, 2.24) is 9.97 Å². The largest absolute Gasteiger partial charge is 0.433 e. The molecular weight excluding hydrogens is 325 g/mol. The molecule has 6 heteroatoms. The minimum atomic E-state index is -4.46. The van der Waals surface area contributed by atoms with Crippen molar-refractivity contribution < 1.29 is 13.2 Å². The van der Waals surface area contributed by atoms with Crippen molar-refractivity contribution in [1.29, 1.82) is 0 Å². The van der Waals surface area contributed by atoms with Gasteiger partial charge >= 0.3 is 6.18 Å². The third-order valence-corrected chi connectivity index (χ3v) is 5.23. The summed E-state index contributed by atoms with van der Waals surface area (Å²) in [7, 11) is 0. The molecule has 2 aliphatic carbocycles. The van der Waals surface area contributed by atoms with Crippen molar-refractivity contribution in [2.24, 2.45) is 17.8 Å². The van der Waals surface area contributed by atoms with Gasteiger partial charge in [0, 0.05) is 11.8 Å². The average molecular weight is 349 g/mol. The fraction of sp³-hybridized carbons (Fsp3) is 0.765. The Balaban J connectivity index is 0.000000172. The summed E-state index contributed by atoms with van der Waals surface area (Å²) < 4.78 is 36.8. The highest BCUT2D eigenvalue weighted by Gasteiger charge is 2.38. The zero-order chi connectivity index (χ0) is 17.0. The van der Waals surface area contributed by atoms with Gasteiger partial charge in [0.05, 0.1) is 5.88 Å². The van der Waals surface area contributed by atoms with E-state index in [9.17, 15) is 13.2 Å². The molecular formula is C17H24ClF3N2. The van der Waals surface area contributed by atoms with Gasteiger partial charge in [-0.05, 0) is 43.9 Å². The van der Waals surface area contributed by atoms with Crippen LogP contribution in [-0.4, -0.2) is 9.97 Å². The Morgan fingerprint density at radius 1 is 1.26 bits per heavy atom. The van der Waals surface area contributed by atoms with E-state index in [1.165, 1.54) is 19.8 Å². The van der Waals surface area contributed by atoms with Crippen molar-refractivity contribution in [2.45, 2.75) is 64.4 Å². The summed E-state index contributed by atoms with van der Waals surface area (Å²) in [4.78, 5) is 6.92. The molecule has 130 valence electrons. The predicted molar refractivity (Wildman–Crippen MR) is 85.2 cm³/mol. The summed E-state index contributed by atoms with van der Waals surface area (Å²) in [6, 6.07) is 0. The molecule has 3 atom stereocenters. The average Bonchev–Trinajstić information content (AvgIpc) is 3.10. The molecule has 0 spiro atoms. The molecule has 2 saturated carbocycles. The van der Waals surface area contributed by atoms with Crippen LogP contribution in [0.3, 0.4) is 0 Å². The standard InChI is InChI=1S/C10H18.C7H6ClF3N2/c1-2-3-9-6-8-4-5-10(9)7-8;1-4-12-3-5(2-8)6(13-4)7(9,10)11/h8-10H,2-7H2,1H3;3H,2H2,1H3/t8?,9-,10?;/m1./s1. The lowest BCUT2D eigenvalue weighted by Crippen LogP contribution is -2.13. The Kier molecular flexibility index (Phi) is 6.29. The summed E-state index contributed by atoms with van der Waals surface area (Å²) in [5, 5.41) is 0. The van der Waals surface area contributed by atoms with Gasteiger partial charge in [0.2, 0.25) is 0 Å². The first-order valence-corrected chi connectivity index (χ1v) is 8.84. The fourth-order valence-corrected chi connectivity index (χ4v) is 4.13. The van der Waals surface area contributed by atoms with Crippen molar-refractivity contribution in [3.8, 4) is 0 Å². The molecule has 2 aliphatic rings. The van der Waals surface area contributed by atoms with Gasteiger partial charge in [0.25, 0.3) is 0 Å². The van der Waals surface area contributed by atoms with E-state index in [0.29, 0.717) is 0 Å². The van der Waals surface area contributed by atoms with Crippen molar-refractivity contribution >= 4 is 11.6 Å². The Morgan fingerprint density at radius 2 is 2.00 bits per heavy atom. The van der Waals surface area contributed by atoms with E-state index >= 15 is 0 Å². The maximum absolute atomic E-state index is 12.3. The maximum atomic E-state index is 12.3. The van der Waals surface area contributed by atoms with Crippen LogP contribution in [0.1, 0.15) is 62.5 Å². The normalized spacial score (nSPS) is 26.1. The second-order valence-electron chi connectivity index (χ2n) is 6.65. The lowest BCUT2D eigenvalue weighted by molar-refractivity contribution is -0.141. The molecule has 0 saturated heterocycles. The predicted octanol–water partition coefficient (Wildman–Crippen LogP) is 5.77. The highest BCUT2D eigenvalue weighted by molar-refractivity contribution is 6.17. The van der Waals surface area contributed by atoms with Crippen molar-refractivity contribution in [2.75, 3.05) is 0 Å². The van der Waals surface area contributed by atoms with Gasteiger partial charge in [-0.1, -0.05) is 26.2 Å². The van der Waals surface area contributed by atoms with E-state index < -0.39 is 11.9 Å². The first-order valence-electron chi connectivity index (χ1n) is 8.30. The number of aromatic nitrogens is 2. The summed E-state index contributed by atoms with van der Waals surface area (Å²) in [6.07, 6.45) is 5.86. The zero-order valence-corrected chi connectivity index (χ0v) is 14.4. The first kappa shape index (κ1) is 18.5. The van der Waals surface area contributed by atoms with E-state index in [1.54, 1.807) is 25.7 Å². The van der Waals surface area contributed by atoms with Gasteiger partial charge in [-0.3, -0.25) is 0 Å². The lowest BCUT2D eigenvalue weighted by Gasteiger charge is -2.20. The van der Waals surface area contributed by atoms with Gasteiger partial charge in [0.15, 0.2) is 5.69 Å². The molecule has 1 heterocycles. The third-order valence-electron chi connectivity index (χ3n) is 4.94. The van der Waals surface area contributed by atoms with E-state index in [4.69, 9.17) is 11.6 Å². The molecule has 0 aliphatic heterocycles. The second kappa shape index (κ2) is 7.82. The van der Waals surface area contributed by atoms with Gasteiger partial charge < -0.3 is 0 Å². The molecule has 2 bridgehead atoms. The molecule has 3 rings (SSSR count). The maximum Gasteiger partial charge on any atom is 0.433 e. The smallest absolute Gasteiger partial charge is 0.241 e. The zero-order valence-electron chi connectivity index (χ0n) is 13.7. The van der Waals surface area contributed by atoms with Crippen molar-refractivity contribution in [3.05, 3.63) is 23.3 Å². The molecule has 23 heavy (non-hydrogen) atoms. The molecule has 2 fully saturated rings. The monoisotopic (exact) mass is 348 g/mol. The summed E-state index contributed by atoms with van der Waals surface area (Å²) in [5.41, 5.74) is -1.05. The van der Waals surface area contributed by atoms with E-state index in [2.05, 4.69) is 16.9 Å². The number of fused-ring (bicyclic) bond motifs is 2. The van der Waals surface area contributed by atoms with Crippen LogP contribution in [0.25, 0.3) is 0 Å². The Bertz CT molecular complexity index is 519. The highest BCUT2D eigenvalue weighted by Crippen LogP contribution is 2.49. The van der Waals surface area contributed by atoms with Gasteiger partial charge in [-0.2, -0.15) is 13.2 Å². The van der Waals surface area contributed by atoms with Gasteiger partial charge in [0.1, 0.15) is 5.82 Å². The molecule has 0 amide bonds. The first-order chi connectivity index (χ1) is 10.8. The molecule has 0 radical (unpaired) electrons. The van der Waals surface area contributed by atoms with E-state index in [1.807, 2.05) is 0 Å². The number of halogens is 4. The number of rotatable bonds is 3. The minimum absolute atomic E-state index is 0.0844. The lowest BCUT2D eigenvalue weighted by atomic mass is 9.86. The molecule has 1 aromatic heterocycles. The van der Waals surface area contributed by atoms with Crippen LogP contribution < -0.4 is 0 Å². The van der Waals surface area contributed by atoms with Crippen LogP contribution in [0, 0.1) is 24.7 Å². The summed E-state index contributed by atoms with van der Waals surface area (Å²) in [5.74, 6) is 3.30. The highest BCUT2D eigenvalue weighted by atomic mass is 35.5.